The summed E-state index contributed by atoms with van der Waals surface area (Å²) in [6.07, 6.45) is 0. The van der Waals surface area contributed by atoms with Gasteiger partial charge in [0.05, 0.1) is 15.5 Å². The van der Waals surface area contributed by atoms with E-state index in [1.807, 2.05) is 6.07 Å². The molecule has 0 atom stereocenters. The van der Waals surface area contributed by atoms with E-state index in [9.17, 15) is 8.42 Å². The SMILES string of the molecule is CNCCNS(=O)(=O)c1ccc(Cl)c(C#N)c1. The summed E-state index contributed by atoms with van der Waals surface area (Å²) >= 11 is 5.73. The first-order valence-corrected chi connectivity index (χ1v) is 6.71. The number of sulfonamides is 1. The predicted molar refractivity (Wildman–Crippen MR) is 65.3 cm³/mol. The van der Waals surface area contributed by atoms with Crippen LogP contribution in [0.4, 0.5) is 0 Å². The van der Waals surface area contributed by atoms with Gasteiger partial charge in [0, 0.05) is 13.1 Å². The number of hydrogen-bond donors (Lipinski definition) is 2. The molecule has 0 radical (unpaired) electrons. The third-order valence-electron chi connectivity index (χ3n) is 2.04. The van der Waals surface area contributed by atoms with Gasteiger partial charge in [-0.25, -0.2) is 13.1 Å². The molecule has 0 heterocycles. The second-order valence-electron chi connectivity index (χ2n) is 3.25. The van der Waals surface area contributed by atoms with Crippen LogP contribution in [0, 0.1) is 11.3 Å². The number of nitrogens with zero attached hydrogens (tertiary/aromatic N) is 1. The molecule has 5 nitrogen and oxygen atoms in total. The van der Waals surface area contributed by atoms with Crippen molar-refractivity contribution in [2.75, 3.05) is 20.1 Å². The van der Waals surface area contributed by atoms with Crippen molar-refractivity contribution in [3.8, 4) is 6.07 Å². The Bertz CT molecular complexity index is 537. The summed E-state index contributed by atoms with van der Waals surface area (Å²) < 4.78 is 26.0. The molecule has 0 unspecified atom stereocenters. The van der Waals surface area contributed by atoms with Crippen LogP contribution in [0.15, 0.2) is 23.1 Å². The van der Waals surface area contributed by atoms with E-state index in [2.05, 4.69) is 10.0 Å². The average Bonchev–Trinajstić information content (AvgIpc) is 2.29. The van der Waals surface area contributed by atoms with Crippen molar-refractivity contribution in [2.24, 2.45) is 0 Å². The Morgan fingerprint density at radius 3 is 2.71 bits per heavy atom. The lowest BCUT2D eigenvalue weighted by Gasteiger charge is -2.07. The highest BCUT2D eigenvalue weighted by atomic mass is 35.5. The lowest BCUT2D eigenvalue weighted by molar-refractivity contribution is 0.579. The third kappa shape index (κ3) is 3.68. The molecule has 1 aromatic rings. The summed E-state index contributed by atoms with van der Waals surface area (Å²) in [5.41, 5.74) is 0.142. The topological polar surface area (TPSA) is 82.0 Å². The summed E-state index contributed by atoms with van der Waals surface area (Å²) in [4.78, 5) is 0.0366. The van der Waals surface area contributed by atoms with Crippen LogP contribution in [0.1, 0.15) is 5.56 Å². The van der Waals surface area contributed by atoms with Gasteiger partial charge in [-0.1, -0.05) is 11.6 Å². The molecule has 0 spiro atoms. The Kier molecular flexibility index (Phi) is 4.90. The third-order valence-corrected chi connectivity index (χ3v) is 3.82. The fourth-order valence-electron chi connectivity index (χ4n) is 1.15. The summed E-state index contributed by atoms with van der Waals surface area (Å²) in [5.74, 6) is 0. The van der Waals surface area contributed by atoms with E-state index >= 15 is 0 Å². The van der Waals surface area contributed by atoms with Crippen LogP contribution in [0.2, 0.25) is 5.02 Å². The molecule has 1 aromatic carbocycles. The average molecular weight is 274 g/mol. The van der Waals surface area contributed by atoms with Crippen molar-refractivity contribution in [2.45, 2.75) is 4.90 Å². The number of nitriles is 1. The van der Waals surface area contributed by atoms with Gasteiger partial charge < -0.3 is 5.32 Å². The molecule has 0 saturated carbocycles. The minimum absolute atomic E-state index is 0.0366. The van der Waals surface area contributed by atoms with Crippen molar-refractivity contribution in [3.63, 3.8) is 0 Å². The maximum Gasteiger partial charge on any atom is 0.240 e. The van der Waals surface area contributed by atoms with Gasteiger partial charge in [0.15, 0.2) is 0 Å². The summed E-state index contributed by atoms with van der Waals surface area (Å²) in [5, 5.41) is 11.8. The van der Waals surface area contributed by atoms with Crippen molar-refractivity contribution in [1.29, 1.82) is 5.26 Å². The molecular formula is C10H12ClN3O2S. The van der Waals surface area contributed by atoms with Crippen molar-refractivity contribution >= 4 is 21.6 Å². The molecule has 2 N–H and O–H groups in total. The highest BCUT2D eigenvalue weighted by molar-refractivity contribution is 7.89. The van der Waals surface area contributed by atoms with Gasteiger partial charge in [-0.2, -0.15) is 5.26 Å². The van der Waals surface area contributed by atoms with Gasteiger partial charge in [0.25, 0.3) is 0 Å². The molecule has 1 rings (SSSR count). The molecule has 0 bridgehead atoms. The first-order valence-electron chi connectivity index (χ1n) is 4.85. The fraction of sp³-hybridized carbons (Fsp3) is 0.300. The van der Waals surface area contributed by atoms with E-state index in [0.29, 0.717) is 6.54 Å². The van der Waals surface area contributed by atoms with Crippen molar-refractivity contribution in [3.05, 3.63) is 28.8 Å². The van der Waals surface area contributed by atoms with Crippen molar-refractivity contribution < 1.29 is 8.42 Å². The highest BCUT2D eigenvalue weighted by Gasteiger charge is 2.14. The Hall–Kier alpha value is -1.13. The Morgan fingerprint density at radius 2 is 2.12 bits per heavy atom. The molecule has 17 heavy (non-hydrogen) atoms. The quantitative estimate of drug-likeness (QED) is 0.774. The zero-order valence-corrected chi connectivity index (χ0v) is 10.8. The number of benzene rings is 1. The molecule has 0 saturated heterocycles. The zero-order valence-electron chi connectivity index (χ0n) is 9.20. The van der Waals surface area contributed by atoms with E-state index in [4.69, 9.17) is 16.9 Å². The Labute approximate surface area is 105 Å². The van der Waals surface area contributed by atoms with E-state index in [0.717, 1.165) is 0 Å². The number of hydrogen-bond acceptors (Lipinski definition) is 4. The van der Waals surface area contributed by atoms with Crippen LogP contribution in [-0.2, 0) is 10.0 Å². The molecule has 0 aromatic heterocycles. The lowest BCUT2D eigenvalue weighted by Crippen LogP contribution is -2.30. The minimum Gasteiger partial charge on any atom is -0.318 e. The van der Waals surface area contributed by atoms with Gasteiger partial charge in [-0.15, -0.1) is 0 Å². The van der Waals surface area contributed by atoms with Crippen LogP contribution in [0.5, 0.6) is 0 Å². The minimum atomic E-state index is -3.58. The van der Waals surface area contributed by atoms with Gasteiger partial charge in [-0.05, 0) is 25.2 Å². The Balaban J connectivity index is 2.96. The first-order chi connectivity index (χ1) is 8.01. The Morgan fingerprint density at radius 1 is 1.41 bits per heavy atom. The van der Waals surface area contributed by atoms with Gasteiger partial charge in [-0.3, -0.25) is 0 Å². The number of rotatable bonds is 5. The number of halogens is 1. The van der Waals surface area contributed by atoms with Crippen LogP contribution < -0.4 is 10.0 Å². The molecule has 0 fully saturated rings. The zero-order chi connectivity index (χ0) is 12.9. The van der Waals surface area contributed by atoms with Crippen molar-refractivity contribution in [1.82, 2.24) is 10.0 Å². The van der Waals surface area contributed by atoms with Crippen LogP contribution >= 0.6 is 11.6 Å². The smallest absolute Gasteiger partial charge is 0.240 e. The molecule has 7 heteroatoms. The number of likely N-dealkylation sites (N-methyl/N-ethyl adjacent to an activating group) is 1. The van der Waals surface area contributed by atoms with Gasteiger partial charge in [0.1, 0.15) is 6.07 Å². The second-order valence-corrected chi connectivity index (χ2v) is 5.43. The lowest BCUT2D eigenvalue weighted by atomic mass is 10.2. The molecule has 92 valence electrons. The standard InChI is InChI=1S/C10H12ClN3O2S/c1-13-4-5-14-17(15,16)9-2-3-10(11)8(6-9)7-12/h2-3,6,13-14H,4-5H2,1H3. The van der Waals surface area contributed by atoms with Crippen LogP contribution in [-0.4, -0.2) is 28.6 Å². The van der Waals surface area contributed by atoms with Crippen LogP contribution in [0.25, 0.3) is 0 Å². The molecular weight excluding hydrogens is 262 g/mol. The predicted octanol–water partition coefficient (Wildman–Crippen LogP) is 0.709. The largest absolute Gasteiger partial charge is 0.318 e. The molecule has 0 aliphatic heterocycles. The van der Waals surface area contributed by atoms with E-state index in [1.54, 1.807) is 7.05 Å². The summed E-state index contributed by atoms with van der Waals surface area (Å²) in [6, 6.07) is 5.85. The first kappa shape index (κ1) is 13.9. The van der Waals surface area contributed by atoms with Gasteiger partial charge in [0.2, 0.25) is 10.0 Å². The van der Waals surface area contributed by atoms with E-state index < -0.39 is 10.0 Å². The molecule has 0 aliphatic rings. The monoisotopic (exact) mass is 273 g/mol. The molecule has 0 aliphatic carbocycles. The maximum absolute atomic E-state index is 11.8. The van der Waals surface area contributed by atoms with Crippen LogP contribution in [0.3, 0.4) is 0 Å². The van der Waals surface area contributed by atoms with E-state index in [1.165, 1.54) is 18.2 Å². The summed E-state index contributed by atoms with van der Waals surface area (Å²) in [6.45, 7) is 0.807. The van der Waals surface area contributed by atoms with Gasteiger partial charge >= 0.3 is 0 Å². The molecule has 0 amide bonds. The summed E-state index contributed by atoms with van der Waals surface area (Å²) in [7, 11) is -1.86. The van der Waals surface area contributed by atoms with E-state index in [-0.39, 0.29) is 22.0 Å². The fourth-order valence-corrected chi connectivity index (χ4v) is 2.37. The highest BCUT2D eigenvalue weighted by Crippen LogP contribution is 2.19. The normalized spacial score (nSPS) is 11.1. The second kappa shape index (κ2) is 5.98. The maximum atomic E-state index is 11.8. The number of nitrogens with one attached hydrogen (secondary N) is 2.